The molecule has 0 aliphatic carbocycles. The molecule has 0 aromatic carbocycles. The van der Waals surface area contributed by atoms with Gasteiger partial charge in [0.25, 0.3) is 0 Å². The van der Waals surface area contributed by atoms with Crippen LogP contribution < -0.4 is 11.5 Å². The summed E-state index contributed by atoms with van der Waals surface area (Å²) in [5.41, 5.74) is 11.8. The molecular weight excluding hydrogens is 206 g/mol. The van der Waals surface area contributed by atoms with E-state index in [1.165, 1.54) is 0 Å². The SMILES string of the molecule is CCC(C)C(N)C(=O)N1CC(COC)C1N. The number of amides is 1. The maximum Gasteiger partial charge on any atom is 0.241 e. The minimum Gasteiger partial charge on any atom is -0.384 e. The van der Waals surface area contributed by atoms with Crippen molar-refractivity contribution in [1.82, 2.24) is 4.90 Å². The molecule has 1 saturated heterocycles. The molecule has 0 saturated carbocycles. The van der Waals surface area contributed by atoms with Crippen LogP contribution in [0.15, 0.2) is 0 Å². The lowest BCUT2D eigenvalue weighted by Crippen LogP contribution is -2.67. The smallest absolute Gasteiger partial charge is 0.241 e. The lowest BCUT2D eigenvalue weighted by molar-refractivity contribution is -0.148. The Morgan fingerprint density at radius 2 is 2.25 bits per heavy atom. The van der Waals surface area contributed by atoms with Gasteiger partial charge in [-0.2, -0.15) is 0 Å². The number of nitrogens with two attached hydrogens (primary N) is 2. The molecule has 0 radical (unpaired) electrons. The third-order valence-electron chi connectivity index (χ3n) is 3.48. The van der Waals surface area contributed by atoms with E-state index in [9.17, 15) is 4.79 Å². The van der Waals surface area contributed by atoms with Crippen molar-refractivity contribution in [1.29, 1.82) is 0 Å². The number of likely N-dealkylation sites (tertiary alicyclic amines) is 1. The van der Waals surface area contributed by atoms with Gasteiger partial charge in [-0.25, -0.2) is 0 Å². The minimum atomic E-state index is -0.431. The normalized spacial score (nSPS) is 28.4. The average Bonchev–Trinajstić information content (AvgIpc) is 2.30. The Bertz CT molecular complexity index is 247. The largest absolute Gasteiger partial charge is 0.384 e. The van der Waals surface area contributed by atoms with Crippen molar-refractivity contribution >= 4 is 5.91 Å². The number of carbonyl (C=O) groups is 1. The van der Waals surface area contributed by atoms with Crippen LogP contribution in [0, 0.1) is 11.8 Å². The molecule has 4 atom stereocenters. The van der Waals surface area contributed by atoms with Gasteiger partial charge in [0.1, 0.15) is 0 Å². The molecule has 5 heteroatoms. The summed E-state index contributed by atoms with van der Waals surface area (Å²) in [5, 5.41) is 0. The van der Waals surface area contributed by atoms with E-state index in [1.54, 1.807) is 12.0 Å². The van der Waals surface area contributed by atoms with Gasteiger partial charge in [0.2, 0.25) is 5.91 Å². The Morgan fingerprint density at radius 3 is 2.69 bits per heavy atom. The number of nitrogens with zero attached hydrogens (tertiary/aromatic N) is 1. The van der Waals surface area contributed by atoms with Gasteiger partial charge in [0.05, 0.1) is 18.8 Å². The second-order valence-electron chi connectivity index (χ2n) is 4.61. The van der Waals surface area contributed by atoms with Crippen molar-refractivity contribution in [3.63, 3.8) is 0 Å². The van der Waals surface area contributed by atoms with Gasteiger partial charge in [-0.3, -0.25) is 4.79 Å². The molecule has 0 spiro atoms. The predicted octanol–water partition coefficient (Wildman–Crippen LogP) is -0.251. The zero-order valence-corrected chi connectivity index (χ0v) is 10.3. The van der Waals surface area contributed by atoms with E-state index < -0.39 is 6.04 Å². The number of hydrogen-bond donors (Lipinski definition) is 2. The molecule has 5 nitrogen and oxygen atoms in total. The standard InChI is InChI=1S/C11H23N3O2/c1-4-7(2)9(12)11(15)14-5-8(6-16-3)10(14)13/h7-10H,4-6,12-13H2,1-3H3. The predicted molar refractivity (Wildman–Crippen MR) is 62.5 cm³/mol. The monoisotopic (exact) mass is 229 g/mol. The van der Waals surface area contributed by atoms with Crippen LogP contribution in [-0.2, 0) is 9.53 Å². The van der Waals surface area contributed by atoms with Gasteiger partial charge in [-0.1, -0.05) is 20.3 Å². The molecule has 0 aromatic heterocycles. The van der Waals surface area contributed by atoms with E-state index in [1.807, 2.05) is 13.8 Å². The van der Waals surface area contributed by atoms with Crippen molar-refractivity contribution in [3.05, 3.63) is 0 Å². The molecule has 0 aromatic rings. The van der Waals surface area contributed by atoms with Crippen molar-refractivity contribution in [2.45, 2.75) is 32.5 Å². The molecule has 4 N–H and O–H groups in total. The quantitative estimate of drug-likeness (QED) is 0.681. The van der Waals surface area contributed by atoms with Crippen molar-refractivity contribution < 1.29 is 9.53 Å². The van der Waals surface area contributed by atoms with E-state index >= 15 is 0 Å². The summed E-state index contributed by atoms with van der Waals surface area (Å²) >= 11 is 0. The van der Waals surface area contributed by atoms with Gasteiger partial charge in [0.15, 0.2) is 0 Å². The molecule has 1 rings (SSSR count). The van der Waals surface area contributed by atoms with Gasteiger partial charge in [-0.15, -0.1) is 0 Å². The Labute approximate surface area is 97.1 Å². The lowest BCUT2D eigenvalue weighted by atomic mass is 9.92. The highest BCUT2D eigenvalue weighted by Gasteiger charge is 2.41. The summed E-state index contributed by atoms with van der Waals surface area (Å²) in [6, 6.07) is -0.431. The fourth-order valence-electron chi connectivity index (χ4n) is 1.89. The average molecular weight is 229 g/mol. The van der Waals surface area contributed by atoms with Crippen LogP contribution in [0.5, 0.6) is 0 Å². The second-order valence-corrected chi connectivity index (χ2v) is 4.61. The maximum absolute atomic E-state index is 12.0. The number of hydrogen-bond acceptors (Lipinski definition) is 4. The Morgan fingerprint density at radius 1 is 1.62 bits per heavy atom. The molecule has 1 amide bonds. The zero-order valence-electron chi connectivity index (χ0n) is 10.3. The summed E-state index contributed by atoms with van der Waals surface area (Å²) < 4.78 is 5.02. The van der Waals surface area contributed by atoms with Crippen LogP contribution >= 0.6 is 0 Å². The van der Waals surface area contributed by atoms with Gasteiger partial charge in [0, 0.05) is 19.6 Å². The van der Waals surface area contributed by atoms with E-state index in [0.717, 1.165) is 6.42 Å². The zero-order chi connectivity index (χ0) is 12.3. The highest BCUT2D eigenvalue weighted by Crippen LogP contribution is 2.23. The van der Waals surface area contributed by atoms with Crippen molar-refractivity contribution in [3.8, 4) is 0 Å². The first kappa shape index (κ1) is 13.4. The summed E-state index contributed by atoms with van der Waals surface area (Å²) in [6.07, 6.45) is 0.667. The second kappa shape index (κ2) is 5.61. The molecule has 94 valence electrons. The Kier molecular flexibility index (Phi) is 4.70. The fraction of sp³-hybridized carbons (Fsp3) is 0.909. The Hall–Kier alpha value is -0.650. The number of carbonyl (C=O) groups excluding carboxylic acids is 1. The third-order valence-corrected chi connectivity index (χ3v) is 3.48. The molecule has 16 heavy (non-hydrogen) atoms. The van der Waals surface area contributed by atoms with Crippen LogP contribution in [0.3, 0.4) is 0 Å². The first-order chi connectivity index (χ1) is 7.52. The van der Waals surface area contributed by atoms with Crippen molar-refractivity contribution in [2.75, 3.05) is 20.3 Å². The summed E-state index contributed by atoms with van der Waals surface area (Å²) in [6.45, 7) is 5.28. The first-order valence-corrected chi connectivity index (χ1v) is 5.83. The summed E-state index contributed by atoms with van der Waals surface area (Å²) in [5.74, 6) is 0.411. The number of ether oxygens (including phenoxy) is 1. The van der Waals surface area contributed by atoms with E-state index in [0.29, 0.717) is 13.2 Å². The number of rotatable bonds is 5. The van der Waals surface area contributed by atoms with Crippen LogP contribution in [0.1, 0.15) is 20.3 Å². The van der Waals surface area contributed by atoms with E-state index in [4.69, 9.17) is 16.2 Å². The van der Waals surface area contributed by atoms with E-state index in [-0.39, 0.29) is 23.9 Å². The lowest BCUT2D eigenvalue weighted by Gasteiger charge is -2.47. The number of methoxy groups -OCH3 is 1. The van der Waals surface area contributed by atoms with Gasteiger partial charge < -0.3 is 21.1 Å². The molecule has 1 aliphatic rings. The van der Waals surface area contributed by atoms with Crippen LogP contribution in [0.25, 0.3) is 0 Å². The van der Waals surface area contributed by atoms with Crippen LogP contribution in [0.4, 0.5) is 0 Å². The first-order valence-electron chi connectivity index (χ1n) is 5.83. The van der Waals surface area contributed by atoms with Gasteiger partial charge in [-0.05, 0) is 5.92 Å². The fourth-order valence-corrected chi connectivity index (χ4v) is 1.89. The molecule has 0 bridgehead atoms. The van der Waals surface area contributed by atoms with Crippen LogP contribution in [-0.4, -0.2) is 43.3 Å². The highest BCUT2D eigenvalue weighted by molar-refractivity contribution is 5.83. The molecule has 1 heterocycles. The van der Waals surface area contributed by atoms with Crippen LogP contribution in [0.2, 0.25) is 0 Å². The third kappa shape index (κ3) is 2.53. The minimum absolute atomic E-state index is 0.0331. The van der Waals surface area contributed by atoms with E-state index in [2.05, 4.69) is 0 Å². The Balaban J connectivity index is 2.46. The topological polar surface area (TPSA) is 81.6 Å². The summed E-state index contributed by atoms with van der Waals surface area (Å²) in [7, 11) is 1.64. The molecule has 4 unspecified atom stereocenters. The van der Waals surface area contributed by atoms with Gasteiger partial charge >= 0.3 is 0 Å². The molecule has 1 aliphatic heterocycles. The molecular formula is C11H23N3O2. The maximum atomic E-state index is 12.0. The molecule has 1 fully saturated rings. The summed E-state index contributed by atoms with van der Waals surface area (Å²) in [4.78, 5) is 13.6. The highest BCUT2D eigenvalue weighted by atomic mass is 16.5. The van der Waals surface area contributed by atoms with Crippen molar-refractivity contribution in [2.24, 2.45) is 23.3 Å².